The Balaban J connectivity index is 1.65. The Morgan fingerprint density at radius 2 is 2.08 bits per heavy atom. The first-order valence-electron chi connectivity index (χ1n) is 8.99. The predicted molar refractivity (Wildman–Crippen MR) is 93.4 cm³/mol. The van der Waals surface area contributed by atoms with Gasteiger partial charge < -0.3 is 14.5 Å². The van der Waals surface area contributed by atoms with Crippen LogP contribution in [-0.2, 0) is 4.79 Å². The molecule has 0 radical (unpaired) electrons. The third-order valence-electron chi connectivity index (χ3n) is 6.09. The molecule has 2 aliphatic rings. The Bertz CT molecular complexity index is 897. The Morgan fingerprint density at radius 3 is 2.69 bits per heavy atom. The van der Waals surface area contributed by atoms with Gasteiger partial charge in [0.2, 0.25) is 0 Å². The number of carboxylic acid groups (broad SMARTS) is 1. The van der Waals surface area contributed by atoms with Crippen LogP contribution in [0.3, 0.4) is 0 Å². The number of nitrogens with zero attached hydrogens (tertiary/aromatic N) is 3. The van der Waals surface area contributed by atoms with Crippen LogP contribution in [0.5, 0.6) is 0 Å². The minimum Gasteiger partial charge on any atom is -0.481 e. The summed E-state index contributed by atoms with van der Waals surface area (Å²) in [7, 11) is 0. The van der Waals surface area contributed by atoms with Crippen molar-refractivity contribution in [1.29, 1.82) is 0 Å². The van der Waals surface area contributed by atoms with Crippen molar-refractivity contribution >= 4 is 11.9 Å². The number of hydrogen-bond acceptors (Lipinski definition) is 4. The van der Waals surface area contributed by atoms with Crippen molar-refractivity contribution in [3.63, 3.8) is 0 Å². The minimum absolute atomic E-state index is 0.0608. The molecule has 1 saturated heterocycles. The molecule has 3 heterocycles. The molecule has 0 spiro atoms. The number of fused-ring (bicyclic) bond motifs is 1. The summed E-state index contributed by atoms with van der Waals surface area (Å²) in [5, 5.41) is 13.8. The number of rotatable bonds is 3. The normalized spacial score (nSPS) is 24.9. The Labute approximate surface area is 151 Å². The lowest BCUT2D eigenvalue weighted by Gasteiger charge is -2.23. The van der Waals surface area contributed by atoms with E-state index < -0.39 is 11.4 Å². The zero-order valence-electron chi connectivity index (χ0n) is 15.3. The molecule has 2 atom stereocenters. The third-order valence-corrected chi connectivity index (χ3v) is 6.09. The highest BCUT2D eigenvalue weighted by Gasteiger charge is 2.56. The lowest BCUT2D eigenvalue weighted by molar-refractivity contribution is -0.149. The monoisotopic (exact) mass is 357 g/mol. The second-order valence-corrected chi connectivity index (χ2v) is 7.65. The molecule has 1 N–H and O–H groups in total. The van der Waals surface area contributed by atoms with Crippen molar-refractivity contribution < 1.29 is 19.2 Å². The molecule has 1 saturated carbocycles. The smallest absolute Gasteiger partial charge is 0.311 e. The highest BCUT2D eigenvalue weighted by molar-refractivity contribution is 5.96. The zero-order chi connectivity index (χ0) is 18.6. The van der Waals surface area contributed by atoms with E-state index in [0.29, 0.717) is 36.7 Å². The van der Waals surface area contributed by atoms with Crippen molar-refractivity contribution in [3.8, 4) is 5.82 Å². The molecule has 0 aromatic carbocycles. The predicted octanol–water partition coefficient (Wildman–Crippen LogP) is 2.72. The Morgan fingerprint density at radius 1 is 1.31 bits per heavy atom. The summed E-state index contributed by atoms with van der Waals surface area (Å²) in [4.78, 5) is 26.7. The fraction of sp³-hybridized carbons (Fsp3) is 0.526. The molecule has 2 fully saturated rings. The van der Waals surface area contributed by atoms with Crippen LogP contribution < -0.4 is 0 Å². The van der Waals surface area contributed by atoms with E-state index in [1.165, 1.54) is 0 Å². The number of hydrogen-bond donors (Lipinski definition) is 1. The average Bonchev–Trinajstić information content (AvgIpc) is 3.29. The van der Waals surface area contributed by atoms with Gasteiger partial charge in [0, 0.05) is 30.5 Å². The lowest BCUT2D eigenvalue weighted by atomic mass is 9.81. The van der Waals surface area contributed by atoms with Crippen LogP contribution in [0.1, 0.15) is 46.8 Å². The fourth-order valence-corrected chi connectivity index (χ4v) is 4.75. The van der Waals surface area contributed by atoms with Gasteiger partial charge in [-0.25, -0.2) is 0 Å². The van der Waals surface area contributed by atoms with Gasteiger partial charge in [-0.15, -0.1) is 0 Å². The molecule has 138 valence electrons. The maximum Gasteiger partial charge on any atom is 0.311 e. The van der Waals surface area contributed by atoms with Crippen molar-refractivity contribution in [3.05, 3.63) is 34.8 Å². The summed E-state index contributed by atoms with van der Waals surface area (Å²) >= 11 is 0. The highest BCUT2D eigenvalue weighted by atomic mass is 16.5. The fourth-order valence-electron chi connectivity index (χ4n) is 4.75. The van der Waals surface area contributed by atoms with Crippen LogP contribution in [0.15, 0.2) is 16.7 Å². The first-order valence-corrected chi connectivity index (χ1v) is 8.99. The number of aromatic nitrogens is 2. The first-order chi connectivity index (χ1) is 12.3. The third kappa shape index (κ3) is 2.29. The SMILES string of the molecule is Cc1cc(-n2c(C)cc(C(=O)N3C[C@@H]4CCC[C@@]4(C(=O)O)C3)c2C)no1. The number of carboxylic acids is 1. The van der Waals surface area contributed by atoms with Crippen LogP contribution in [-0.4, -0.2) is 44.7 Å². The molecule has 4 rings (SSSR count). The van der Waals surface area contributed by atoms with Gasteiger partial charge in [0.1, 0.15) is 5.76 Å². The number of likely N-dealkylation sites (tertiary alicyclic amines) is 1. The molecule has 7 nitrogen and oxygen atoms in total. The van der Waals surface area contributed by atoms with E-state index in [9.17, 15) is 14.7 Å². The average molecular weight is 357 g/mol. The van der Waals surface area contributed by atoms with E-state index in [-0.39, 0.29) is 11.8 Å². The maximum absolute atomic E-state index is 13.1. The molecular weight excluding hydrogens is 334 g/mol. The molecule has 0 bridgehead atoms. The number of carbonyl (C=O) groups is 2. The van der Waals surface area contributed by atoms with Crippen molar-refractivity contribution in [1.82, 2.24) is 14.6 Å². The van der Waals surface area contributed by atoms with Gasteiger partial charge in [-0.2, -0.15) is 0 Å². The van der Waals surface area contributed by atoms with Gasteiger partial charge in [-0.3, -0.25) is 14.2 Å². The quantitative estimate of drug-likeness (QED) is 0.912. The molecule has 1 aliphatic heterocycles. The van der Waals surface area contributed by atoms with E-state index in [4.69, 9.17) is 4.52 Å². The van der Waals surface area contributed by atoms with E-state index in [1.807, 2.05) is 37.5 Å². The Hall–Kier alpha value is -2.57. The molecule has 7 heteroatoms. The summed E-state index contributed by atoms with van der Waals surface area (Å²) in [6.45, 7) is 6.46. The van der Waals surface area contributed by atoms with Crippen LogP contribution in [0.4, 0.5) is 0 Å². The van der Waals surface area contributed by atoms with Crippen LogP contribution in [0, 0.1) is 32.1 Å². The summed E-state index contributed by atoms with van der Waals surface area (Å²) in [6.07, 6.45) is 2.47. The number of aryl methyl sites for hydroxylation is 2. The Kier molecular flexibility index (Phi) is 3.71. The first kappa shape index (κ1) is 16.9. The molecule has 0 unspecified atom stereocenters. The van der Waals surface area contributed by atoms with Crippen molar-refractivity contribution in [2.45, 2.75) is 40.0 Å². The molecular formula is C19H23N3O4. The van der Waals surface area contributed by atoms with E-state index in [0.717, 1.165) is 24.2 Å². The van der Waals surface area contributed by atoms with Gasteiger partial charge in [0.05, 0.1) is 11.0 Å². The van der Waals surface area contributed by atoms with Gasteiger partial charge in [0.15, 0.2) is 5.82 Å². The van der Waals surface area contributed by atoms with Crippen LogP contribution in [0.2, 0.25) is 0 Å². The van der Waals surface area contributed by atoms with E-state index >= 15 is 0 Å². The lowest BCUT2D eigenvalue weighted by Crippen LogP contribution is -2.37. The second kappa shape index (κ2) is 5.72. The van der Waals surface area contributed by atoms with Gasteiger partial charge in [0.25, 0.3) is 5.91 Å². The van der Waals surface area contributed by atoms with Gasteiger partial charge in [-0.1, -0.05) is 11.6 Å². The van der Waals surface area contributed by atoms with E-state index in [2.05, 4.69) is 5.16 Å². The number of carbonyl (C=O) groups excluding carboxylic acids is 1. The number of aliphatic carboxylic acids is 1. The van der Waals surface area contributed by atoms with Crippen molar-refractivity contribution in [2.24, 2.45) is 11.3 Å². The number of amides is 1. The van der Waals surface area contributed by atoms with Gasteiger partial charge in [-0.05, 0) is 45.6 Å². The van der Waals surface area contributed by atoms with Crippen LogP contribution >= 0.6 is 0 Å². The van der Waals surface area contributed by atoms with Gasteiger partial charge >= 0.3 is 5.97 Å². The highest BCUT2D eigenvalue weighted by Crippen LogP contribution is 2.49. The molecule has 1 amide bonds. The van der Waals surface area contributed by atoms with Crippen LogP contribution in [0.25, 0.3) is 5.82 Å². The standard InChI is InChI=1S/C19H23N3O4/c1-11-7-15(13(3)22(11)16-8-12(2)26-20-16)17(23)21-9-14-5-4-6-19(14,10-21)18(24)25/h7-8,14H,4-6,9-10H2,1-3H3,(H,24,25)/t14-,19+/m0/s1. The summed E-state index contributed by atoms with van der Waals surface area (Å²) in [5.74, 6) is 0.553. The summed E-state index contributed by atoms with van der Waals surface area (Å²) < 4.78 is 7.05. The minimum atomic E-state index is -0.765. The molecule has 2 aromatic rings. The summed E-state index contributed by atoms with van der Waals surface area (Å²) in [5.41, 5.74) is 1.53. The second-order valence-electron chi connectivity index (χ2n) is 7.65. The topological polar surface area (TPSA) is 88.6 Å². The largest absolute Gasteiger partial charge is 0.481 e. The molecule has 1 aliphatic carbocycles. The molecule has 26 heavy (non-hydrogen) atoms. The zero-order valence-corrected chi connectivity index (χ0v) is 15.3. The van der Waals surface area contributed by atoms with E-state index in [1.54, 1.807) is 4.90 Å². The maximum atomic E-state index is 13.1. The van der Waals surface area contributed by atoms with Crippen molar-refractivity contribution in [2.75, 3.05) is 13.1 Å². The summed E-state index contributed by atoms with van der Waals surface area (Å²) in [6, 6.07) is 3.68. The molecule has 2 aromatic heterocycles.